The van der Waals surface area contributed by atoms with Crippen LogP contribution in [0.3, 0.4) is 0 Å². The van der Waals surface area contributed by atoms with Gasteiger partial charge in [0.05, 0.1) is 18.8 Å². The molecule has 6 heteroatoms. The Morgan fingerprint density at radius 1 is 1.24 bits per heavy atom. The fraction of sp³-hybridized carbons (Fsp3) is 0.533. The smallest absolute Gasteiger partial charge is 0.253 e. The average Bonchev–Trinajstić information content (AvgIpc) is 2.49. The van der Waals surface area contributed by atoms with E-state index in [0.717, 1.165) is 25.1 Å². The van der Waals surface area contributed by atoms with Gasteiger partial charge in [-0.05, 0) is 31.0 Å². The van der Waals surface area contributed by atoms with Gasteiger partial charge in [-0.1, -0.05) is 0 Å². The number of anilines is 2. The van der Waals surface area contributed by atoms with Crippen molar-refractivity contribution in [1.82, 2.24) is 5.32 Å². The van der Waals surface area contributed by atoms with Gasteiger partial charge in [-0.2, -0.15) is 0 Å². The van der Waals surface area contributed by atoms with Crippen molar-refractivity contribution in [2.24, 2.45) is 0 Å². The molecular formula is C15H25N3O3. The van der Waals surface area contributed by atoms with Crippen LogP contribution < -0.4 is 16.4 Å². The predicted molar refractivity (Wildman–Crippen MR) is 84.7 cm³/mol. The van der Waals surface area contributed by atoms with Gasteiger partial charge in [0, 0.05) is 38.7 Å². The molecule has 0 aliphatic heterocycles. The van der Waals surface area contributed by atoms with Gasteiger partial charge in [0.15, 0.2) is 0 Å². The highest BCUT2D eigenvalue weighted by atomic mass is 16.5. The summed E-state index contributed by atoms with van der Waals surface area (Å²) in [6, 6.07) is 5.23. The van der Waals surface area contributed by atoms with Crippen LogP contribution in [0, 0.1) is 0 Å². The molecule has 0 saturated carbocycles. The minimum atomic E-state index is -0.125. The molecule has 0 radical (unpaired) electrons. The lowest BCUT2D eigenvalue weighted by molar-refractivity contribution is 0.0691. The van der Waals surface area contributed by atoms with Crippen molar-refractivity contribution in [3.05, 3.63) is 23.8 Å². The first-order valence-corrected chi connectivity index (χ1v) is 7.11. The summed E-state index contributed by atoms with van der Waals surface area (Å²) in [5.74, 6) is -0.125. The summed E-state index contributed by atoms with van der Waals surface area (Å²) < 4.78 is 10.3. The highest BCUT2D eigenvalue weighted by molar-refractivity contribution is 6.00. The van der Waals surface area contributed by atoms with Crippen LogP contribution in [-0.4, -0.2) is 46.4 Å². The number of hydrogen-bond donors (Lipinski definition) is 3. The summed E-state index contributed by atoms with van der Waals surface area (Å²) in [6.07, 6.45) is 1.91. The molecule has 0 fully saturated rings. The molecule has 0 aliphatic carbocycles. The topological polar surface area (TPSA) is 85.6 Å². The molecule has 118 valence electrons. The van der Waals surface area contributed by atoms with E-state index in [1.54, 1.807) is 32.4 Å². The maximum Gasteiger partial charge on any atom is 0.253 e. The molecule has 0 spiro atoms. The first-order chi connectivity index (χ1) is 10.2. The number of nitrogen functional groups attached to an aromatic ring is 1. The Balaban J connectivity index is 2.34. The summed E-state index contributed by atoms with van der Waals surface area (Å²) in [6.45, 7) is 2.72. The van der Waals surface area contributed by atoms with Crippen molar-refractivity contribution in [3.63, 3.8) is 0 Å². The van der Waals surface area contributed by atoms with Crippen LogP contribution in [0.15, 0.2) is 18.2 Å². The Morgan fingerprint density at radius 2 is 2.05 bits per heavy atom. The molecule has 1 aromatic carbocycles. The van der Waals surface area contributed by atoms with E-state index in [1.807, 2.05) is 0 Å². The summed E-state index contributed by atoms with van der Waals surface area (Å²) in [7, 11) is 3.27. The predicted octanol–water partition coefficient (Wildman–Crippen LogP) is 1.48. The van der Waals surface area contributed by atoms with Gasteiger partial charge in [0.1, 0.15) is 0 Å². The van der Waals surface area contributed by atoms with Crippen molar-refractivity contribution >= 4 is 17.3 Å². The first kappa shape index (κ1) is 17.3. The Kier molecular flexibility index (Phi) is 8.23. The highest BCUT2D eigenvalue weighted by Crippen LogP contribution is 2.19. The van der Waals surface area contributed by atoms with Gasteiger partial charge >= 0.3 is 0 Å². The number of hydrogen-bond acceptors (Lipinski definition) is 5. The standard InChI is InChI=1S/C15H25N3O3/c1-17-15(19)13-6-5-12(16)11-14(13)18-7-3-4-8-21-10-9-20-2/h5-6,11,18H,3-4,7-10,16H2,1-2H3,(H,17,19). The van der Waals surface area contributed by atoms with Crippen molar-refractivity contribution in [1.29, 1.82) is 0 Å². The Bertz CT molecular complexity index is 438. The lowest BCUT2D eigenvalue weighted by atomic mass is 10.1. The van der Waals surface area contributed by atoms with E-state index in [0.29, 0.717) is 31.1 Å². The molecule has 0 bridgehead atoms. The molecule has 1 aromatic rings. The largest absolute Gasteiger partial charge is 0.399 e. The number of amides is 1. The quantitative estimate of drug-likeness (QED) is 0.450. The Hall–Kier alpha value is -1.79. The van der Waals surface area contributed by atoms with E-state index in [9.17, 15) is 4.79 Å². The van der Waals surface area contributed by atoms with Gasteiger partial charge in [0.25, 0.3) is 5.91 Å². The van der Waals surface area contributed by atoms with Crippen LogP contribution in [0.25, 0.3) is 0 Å². The van der Waals surface area contributed by atoms with E-state index in [1.165, 1.54) is 0 Å². The van der Waals surface area contributed by atoms with Crippen LogP contribution in [0.4, 0.5) is 11.4 Å². The van der Waals surface area contributed by atoms with Gasteiger partial charge in [-0.15, -0.1) is 0 Å². The zero-order valence-corrected chi connectivity index (χ0v) is 12.8. The van der Waals surface area contributed by atoms with Crippen LogP contribution in [0.5, 0.6) is 0 Å². The lowest BCUT2D eigenvalue weighted by Gasteiger charge is -2.12. The molecule has 0 saturated heterocycles. The molecule has 0 unspecified atom stereocenters. The fourth-order valence-electron chi connectivity index (χ4n) is 1.84. The maximum absolute atomic E-state index is 11.8. The van der Waals surface area contributed by atoms with Crippen molar-refractivity contribution < 1.29 is 14.3 Å². The number of benzene rings is 1. The maximum atomic E-state index is 11.8. The van der Waals surface area contributed by atoms with E-state index < -0.39 is 0 Å². The first-order valence-electron chi connectivity index (χ1n) is 7.11. The Labute approximate surface area is 126 Å². The van der Waals surface area contributed by atoms with Crippen LogP contribution in [-0.2, 0) is 9.47 Å². The van der Waals surface area contributed by atoms with Crippen LogP contribution >= 0.6 is 0 Å². The molecule has 1 rings (SSSR count). The summed E-state index contributed by atoms with van der Waals surface area (Å²) in [5.41, 5.74) is 7.76. The van der Waals surface area contributed by atoms with E-state index >= 15 is 0 Å². The number of methoxy groups -OCH3 is 1. The third-order valence-corrected chi connectivity index (χ3v) is 2.98. The van der Waals surface area contributed by atoms with Crippen molar-refractivity contribution in [2.75, 3.05) is 51.6 Å². The monoisotopic (exact) mass is 295 g/mol. The SMILES string of the molecule is CNC(=O)c1ccc(N)cc1NCCCCOCCOC. The molecule has 0 aliphatic rings. The molecule has 21 heavy (non-hydrogen) atoms. The van der Waals surface area contributed by atoms with E-state index in [-0.39, 0.29) is 5.91 Å². The minimum Gasteiger partial charge on any atom is -0.399 e. The van der Waals surface area contributed by atoms with Gasteiger partial charge < -0.3 is 25.8 Å². The fourth-order valence-corrected chi connectivity index (χ4v) is 1.84. The summed E-state index contributed by atoms with van der Waals surface area (Å²) in [5, 5.41) is 5.87. The van der Waals surface area contributed by atoms with Crippen LogP contribution in [0.2, 0.25) is 0 Å². The third kappa shape index (κ3) is 6.46. The third-order valence-electron chi connectivity index (χ3n) is 2.98. The second-order valence-electron chi connectivity index (χ2n) is 4.62. The Morgan fingerprint density at radius 3 is 2.76 bits per heavy atom. The molecular weight excluding hydrogens is 270 g/mol. The van der Waals surface area contributed by atoms with E-state index in [4.69, 9.17) is 15.2 Å². The summed E-state index contributed by atoms with van der Waals surface area (Å²) >= 11 is 0. The zero-order chi connectivity index (χ0) is 15.5. The summed E-state index contributed by atoms with van der Waals surface area (Å²) in [4.78, 5) is 11.8. The molecule has 0 aromatic heterocycles. The number of unbranched alkanes of at least 4 members (excludes halogenated alkanes) is 1. The molecule has 1 amide bonds. The second-order valence-corrected chi connectivity index (χ2v) is 4.62. The molecule has 0 atom stereocenters. The number of ether oxygens (including phenoxy) is 2. The van der Waals surface area contributed by atoms with Gasteiger partial charge in [-0.3, -0.25) is 4.79 Å². The van der Waals surface area contributed by atoms with Crippen LogP contribution in [0.1, 0.15) is 23.2 Å². The van der Waals surface area contributed by atoms with E-state index in [2.05, 4.69) is 10.6 Å². The number of rotatable bonds is 10. The molecule has 6 nitrogen and oxygen atoms in total. The van der Waals surface area contributed by atoms with Crippen molar-refractivity contribution in [3.8, 4) is 0 Å². The number of carbonyl (C=O) groups is 1. The second kappa shape index (κ2) is 10.0. The minimum absolute atomic E-state index is 0.125. The highest BCUT2D eigenvalue weighted by Gasteiger charge is 2.09. The zero-order valence-electron chi connectivity index (χ0n) is 12.8. The number of carbonyl (C=O) groups excluding carboxylic acids is 1. The van der Waals surface area contributed by atoms with Gasteiger partial charge in [0.2, 0.25) is 0 Å². The lowest BCUT2D eigenvalue weighted by Crippen LogP contribution is -2.20. The number of nitrogens with one attached hydrogen (secondary N) is 2. The average molecular weight is 295 g/mol. The molecule has 0 heterocycles. The van der Waals surface area contributed by atoms with Gasteiger partial charge in [-0.25, -0.2) is 0 Å². The number of nitrogens with two attached hydrogens (primary N) is 1. The normalized spacial score (nSPS) is 10.4. The van der Waals surface area contributed by atoms with Crippen molar-refractivity contribution in [2.45, 2.75) is 12.8 Å². The molecule has 4 N–H and O–H groups in total.